The van der Waals surface area contributed by atoms with Crippen molar-refractivity contribution in [3.63, 3.8) is 0 Å². The van der Waals surface area contributed by atoms with Gasteiger partial charge in [-0.3, -0.25) is 0 Å². The van der Waals surface area contributed by atoms with Crippen molar-refractivity contribution in [2.24, 2.45) is 0 Å². The second-order valence-corrected chi connectivity index (χ2v) is 5.11. The summed E-state index contributed by atoms with van der Waals surface area (Å²) in [5.74, 6) is -0.874. The van der Waals surface area contributed by atoms with Gasteiger partial charge >= 0.3 is 5.97 Å². The summed E-state index contributed by atoms with van der Waals surface area (Å²) in [5.41, 5.74) is 2.38. The first-order valence-electron chi connectivity index (χ1n) is 6.59. The normalized spacial score (nSPS) is 14.2. The molecule has 1 heterocycles. The fraction of sp³-hybridized carbons (Fsp3) is 0.500. The third-order valence-corrected chi connectivity index (χ3v) is 3.32. The summed E-state index contributed by atoms with van der Waals surface area (Å²) in [6.07, 6.45) is 1.07. The fourth-order valence-corrected chi connectivity index (χ4v) is 2.33. The Balaban J connectivity index is 2.12. The molecular formula is C14H21N3O2. The van der Waals surface area contributed by atoms with Crippen LogP contribution in [0, 0.1) is 0 Å². The van der Waals surface area contributed by atoms with Crippen molar-refractivity contribution in [1.82, 2.24) is 4.90 Å². The summed E-state index contributed by atoms with van der Waals surface area (Å²) in [6, 6.07) is 5.27. The van der Waals surface area contributed by atoms with Gasteiger partial charge in [-0.25, -0.2) is 4.79 Å². The number of rotatable bonds is 5. The monoisotopic (exact) mass is 263 g/mol. The Hall–Kier alpha value is -1.75. The molecule has 0 saturated heterocycles. The van der Waals surface area contributed by atoms with Gasteiger partial charge in [-0.1, -0.05) is 0 Å². The van der Waals surface area contributed by atoms with E-state index in [1.165, 1.54) is 0 Å². The number of hydrogen-bond acceptors (Lipinski definition) is 4. The molecule has 2 N–H and O–H groups in total. The molecular weight excluding hydrogens is 242 g/mol. The van der Waals surface area contributed by atoms with Gasteiger partial charge in [-0.05, 0) is 45.3 Å². The van der Waals surface area contributed by atoms with Gasteiger partial charge in [0, 0.05) is 19.6 Å². The molecule has 0 radical (unpaired) electrons. The lowest BCUT2D eigenvalue weighted by molar-refractivity contribution is 0.0697. The van der Waals surface area contributed by atoms with E-state index in [0.29, 0.717) is 5.56 Å². The van der Waals surface area contributed by atoms with Crippen LogP contribution in [0.25, 0.3) is 0 Å². The largest absolute Gasteiger partial charge is 0.478 e. The standard InChI is InChI=1S/C14H21N3O2/c1-16(2)7-3-8-17-9-6-15-12-5-4-11(14(18)19)10-13(12)17/h4-5,10,15H,3,6-9H2,1-2H3,(H,18,19). The highest BCUT2D eigenvalue weighted by Gasteiger charge is 2.18. The number of carboxylic acid groups (broad SMARTS) is 1. The molecule has 0 aliphatic carbocycles. The lowest BCUT2D eigenvalue weighted by Gasteiger charge is -2.32. The van der Waals surface area contributed by atoms with Crippen molar-refractivity contribution >= 4 is 17.3 Å². The second-order valence-electron chi connectivity index (χ2n) is 5.11. The lowest BCUT2D eigenvalue weighted by atomic mass is 10.1. The van der Waals surface area contributed by atoms with E-state index in [1.807, 2.05) is 6.07 Å². The summed E-state index contributed by atoms with van der Waals surface area (Å²) < 4.78 is 0. The summed E-state index contributed by atoms with van der Waals surface area (Å²) in [7, 11) is 4.13. The summed E-state index contributed by atoms with van der Waals surface area (Å²) in [6.45, 7) is 3.82. The second kappa shape index (κ2) is 5.93. The zero-order valence-corrected chi connectivity index (χ0v) is 11.5. The van der Waals surface area contributed by atoms with Crippen LogP contribution in [0.4, 0.5) is 11.4 Å². The smallest absolute Gasteiger partial charge is 0.335 e. The average molecular weight is 263 g/mol. The minimum Gasteiger partial charge on any atom is -0.478 e. The Labute approximate surface area is 113 Å². The number of nitrogens with zero attached hydrogens (tertiary/aromatic N) is 2. The number of benzene rings is 1. The molecule has 0 saturated carbocycles. The third kappa shape index (κ3) is 3.38. The van der Waals surface area contributed by atoms with Crippen LogP contribution in [-0.4, -0.2) is 56.3 Å². The molecule has 0 unspecified atom stereocenters. The van der Waals surface area contributed by atoms with Crippen LogP contribution in [0.5, 0.6) is 0 Å². The number of anilines is 2. The molecule has 0 atom stereocenters. The predicted molar refractivity (Wildman–Crippen MR) is 77.3 cm³/mol. The predicted octanol–water partition coefficient (Wildman–Crippen LogP) is 1.57. The van der Waals surface area contributed by atoms with E-state index in [-0.39, 0.29) is 0 Å². The maximum absolute atomic E-state index is 11.1. The van der Waals surface area contributed by atoms with Crippen molar-refractivity contribution < 1.29 is 9.90 Å². The highest BCUT2D eigenvalue weighted by Crippen LogP contribution is 2.30. The molecule has 1 aromatic rings. The van der Waals surface area contributed by atoms with Crippen LogP contribution in [0.3, 0.4) is 0 Å². The van der Waals surface area contributed by atoms with Gasteiger partial charge in [0.05, 0.1) is 16.9 Å². The molecule has 1 aromatic carbocycles. The number of hydrogen-bond donors (Lipinski definition) is 2. The van der Waals surface area contributed by atoms with E-state index in [4.69, 9.17) is 5.11 Å². The van der Waals surface area contributed by atoms with Crippen molar-refractivity contribution in [2.75, 3.05) is 50.5 Å². The summed E-state index contributed by atoms with van der Waals surface area (Å²) >= 11 is 0. The Morgan fingerprint density at radius 3 is 2.95 bits per heavy atom. The van der Waals surface area contributed by atoms with Crippen LogP contribution >= 0.6 is 0 Å². The number of nitrogens with one attached hydrogen (secondary N) is 1. The lowest BCUT2D eigenvalue weighted by Crippen LogP contribution is -2.35. The first-order chi connectivity index (χ1) is 9.08. The maximum atomic E-state index is 11.1. The van der Waals surface area contributed by atoms with Crippen LogP contribution < -0.4 is 10.2 Å². The van der Waals surface area contributed by atoms with E-state index in [0.717, 1.165) is 44.0 Å². The molecule has 0 aromatic heterocycles. The van der Waals surface area contributed by atoms with E-state index in [9.17, 15) is 4.79 Å². The van der Waals surface area contributed by atoms with Gasteiger partial charge in [-0.15, -0.1) is 0 Å². The average Bonchev–Trinajstić information content (AvgIpc) is 2.38. The van der Waals surface area contributed by atoms with Gasteiger partial charge in [0.15, 0.2) is 0 Å². The molecule has 1 aliphatic rings. The molecule has 0 bridgehead atoms. The quantitative estimate of drug-likeness (QED) is 0.844. The van der Waals surface area contributed by atoms with Crippen LogP contribution in [-0.2, 0) is 0 Å². The first-order valence-corrected chi connectivity index (χ1v) is 6.59. The summed E-state index contributed by atoms with van der Waals surface area (Å²) in [5, 5.41) is 12.4. The molecule has 0 spiro atoms. The molecule has 1 aliphatic heterocycles. The Morgan fingerprint density at radius 2 is 2.26 bits per heavy atom. The topological polar surface area (TPSA) is 55.8 Å². The molecule has 2 rings (SSSR count). The number of carbonyl (C=O) groups is 1. The van der Waals surface area contributed by atoms with Gasteiger partial charge in [0.2, 0.25) is 0 Å². The highest BCUT2D eigenvalue weighted by molar-refractivity contribution is 5.91. The number of carboxylic acids is 1. The van der Waals surface area contributed by atoms with Crippen molar-refractivity contribution in [2.45, 2.75) is 6.42 Å². The number of fused-ring (bicyclic) bond motifs is 1. The summed E-state index contributed by atoms with van der Waals surface area (Å²) in [4.78, 5) is 15.5. The molecule has 5 nitrogen and oxygen atoms in total. The third-order valence-electron chi connectivity index (χ3n) is 3.32. The molecule has 104 valence electrons. The van der Waals surface area contributed by atoms with Crippen molar-refractivity contribution in [1.29, 1.82) is 0 Å². The zero-order valence-electron chi connectivity index (χ0n) is 11.5. The molecule has 5 heteroatoms. The van der Waals surface area contributed by atoms with Crippen molar-refractivity contribution in [3.05, 3.63) is 23.8 Å². The van der Waals surface area contributed by atoms with Gasteiger partial charge in [0.1, 0.15) is 0 Å². The van der Waals surface area contributed by atoms with E-state index < -0.39 is 5.97 Å². The Morgan fingerprint density at radius 1 is 1.47 bits per heavy atom. The Kier molecular flexibility index (Phi) is 4.27. The van der Waals surface area contributed by atoms with E-state index in [1.54, 1.807) is 12.1 Å². The zero-order chi connectivity index (χ0) is 13.8. The van der Waals surface area contributed by atoms with E-state index >= 15 is 0 Å². The molecule has 0 amide bonds. The minimum atomic E-state index is -0.874. The molecule has 19 heavy (non-hydrogen) atoms. The van der Waals surface area contributed by atoms with Gasteiger partial charge in [-0.2, -0.15) is 0 Å². The first kappa shape index (κ1) is 13.7. The molecule has 0 fully saturated rings. The SMILES string of the molecule is CN(C)CCCN1CCNc2ccc(C(=O)O)cc21. The number of aromatic carboxylic acids is 1. The van der Waals surface area contributed by atoms with Gasteiger partial charge < -0.3 is 20.2 Å². The van der Waals surface area contributed by atoms with Crippen LogP contribution in [0.2, 0.25) is 0 Å². The highest BCUT2D eigenvalue weighted by atomic mass is 16.4. The Bertz CT molecular complexity index is 460. The van der Waals surface area contributed by atoms with E-state index in [2.05, 4.69) is 29.2 Å². The van der Waals surface area contributed by atoms with Crippen LogP contribution in [0.15, 0.2) is 18.2 Å². The fourth-order valence-electron chi connectivity index (χ4n) is 2.33. The van der Waals surface area contributed by atoms with Crippen molar-refractivity contribution in [3.8, 4) is 0 Å². The maximum Gasteiger partial charge on any atom is 0.335 e. The van der Waals surface area contributed by atoms with Crippen LogP contribution in [0.1, 0.15) is 16.8 Å². The van der Waals surface area contributed by atoms with Gasteiger partial charge in [0.25, 0.3) is 0 Å². The minimum absolute atomic E-state index is 0.347.